The molecular weight excluding hydrogens is 432 g/mol. The maximum Gasteiger partial charge on any atom is 0.366 e. The molecule has 8 heteroatoms. The molecule has 1 N–H and O–H groups in total. The van der Waals surface area contributed by atoms with Crippen LogP contribution in [-0.2, 0) is 32.2 Å². The van der Waals surface area contributed by atoms with Crippen LogP contribution >= 0.6 is 0 Å². The van der Waals surface area contributed by atoms with Crippen LogP contribution in [0.3, 0.4) is 0 Å². The van der Waals surface area contributed by atoms with Crippen LogP contribution in [0.2, 0.25) is 0 Å². The van der Waals surface area contributed by atoms with E-state index in [-0.39, 0.29) is 24.3 Å². The number of cyclic esters (lactones) is 1. The second-order valence-electron chi connectivity index (χ2n) is 10.1. The standard InChI is InChI=1S/C26H41N4O4/c1-4-28-14-8-7-11-22(28)18-30(19-26(33)34-20-30)16-9-5-6-13-24(31)27-17-25(32)29-15-10-12-23(29)21(2)3/h7-8,11,14,21,23H,4-6,9-10,12-13,15-20H2,1-3H3/q+1/p+1. The van der Waals surface area contributed by atoms with Gasteiger partial charge in [0, 0.05) is 31.1 Å². The van der Waals surface area contributed by atoms with E-state index < -0.39 is 0 Å². The Kier molecular flexibility index (Phi) is 9.45. The monoisotopic (exact) mass is 474 g/mol. The van der Waals surface area contributed by atoms with Crippen molar-refractivity contribution in [2.45, 2.75) is 78.4 Å². The molecule has 3 heterocycles. The lowest BCUT2D eigenvalue weighted by atomic mass is 10.0. The van der Waals surface area contributed by atoms with Crippen LogP contribution in [0.15, 0.2) is 24.4 Å². The second kappa shape index (κ2) is 12.3. The molecule has 2 aliphatic rings. The van der Waals surface area contributed by atoms with E-state index in [4.69, 9.17) is 4.74 Å². The molecular formula is C26H42N4O4+2. The Balaban J connectivity index is 1.39. The van der Waals surface area contributed by atoms with Gasteiger partial charge in [-0.3, -0.25) is 14.1 Å². The first-order chi connectivity index (χ1) is 16.3. The van der Waals surface area contributed by atoms with Gasteiger partial charge in [0.2, 0.25) is 24.2 Å². The number of aromatic nitrogens is 1. The summed E-state index contributed by atoms with van der Waals surface area (Å²) in [7, 11) is 0. The molecule has 2 fully saturated rings. The average molecular weight is 475 g/mol. The lowest BCUT2D eigenvalue weighted by Crippen LogP contribution is -2.50. The van der Waals surface area contributed by atoms with Gasteiger partial charge in [0.25, 0.3) is 0 Å². The predicted molar refractivity (Wildman–Crippen MR) is 128 cm³/mol. The maximum absolute atomic E-state index is 12.5. The van der Waals surface area contributed by atoms with Gasteiger partial charge in [0.05, 0.1) is 13.1 Å². The van der Waals surface area contributed by atoms with Gasteiger partial charge in [-0.2, -0.15) is 4.57 Å². The number of rotatable bonds is 12. The fourth-order valence-corrected chi connectivity index (χ4v) is 5.27. The van der Waals surface area contributed by atoms with E-state index in [1.54, 1.807) is 0 Å². The molecule has 34 heavy (non-hydrogen) atoms. The predicted octanol–water partition coefficient (Wildman–Crippen LogP) is 2.15. The molecule has 8 nitrogen and oxygen atoms in total. The van der Waals surface area contributed by atoms with E-state index in [1.807, 2.05) is 17.0 Å². The van der Waals surface area contributed by atoms with Crippen molar-refractivity contribution >= 4 is 17.8 Å². The molecule has 1 aromatic heterocycles. The minimum absolute atomic E-state index is 0.0277. The summed E-state index contributed by atoms with van der Waals surface area (Å²) in [6.07, 6.45) is 7.18. The van der Waals surface area contributed by atoms with Gasteiger partial charge >= 0.3 is 5.97 Å². The number of pyridine rings is 1. The lowest BCUT2D eigenvalue weighted by Gasteiger charge is -2.29. The van der Waals surface area contributed by atoms with Crippen LogP contribution in [0, 0.1) is 5.92 Å². The molecule has 0 aromatic carbocycles. The summed E-state index contributed by atoms with van der Waals surface area (Å²) < 4.78 is 8.17. The lowest BCUT2D eigenvalue weighted by molar-refractivity contribution is -0.944. The highest BCUT2D eigenvalue weighted by Gasteiger charge is 2.40. The summed E-state index contributed by atoms with van der Waals surface area (Å²) in [5.74, 6) is 0.268. The van der Waals surface area contributed by atoms with Gasteiger partial charge in [-0.25, -0.2) is 4.79 Å². The zero-order chi connectivity index (χ0) is 24.6. The molecule has 188 valence electrons. The highest BCUT2D eigenvalue weighted by molar-refractivity contribution is 5.85. The molecule has 2 amide bonds. The number of hydrogen-bond acceptors (Lipinski definition) is 4. The summed E-state index contributed by atoms with van der Waals surface area (Å²) >= 11 is 0. The largest absolute Gasteiger partial charge is 0.411 e. The smallest absolute Gasteiger partial charge is 0.366 e. The van der Waals surface area contributed by atoms with Gasteiger partial charge in [-0.05, 0) is 51.0 Å². The van der Waals surface area contributed by atoms with Crippen molar-refractivity contribution in [1.29, 1.82) is 0 Å². The van der Waals surface area contributed by atoms with Crippen LogP contribution in [-0.4, -0.2) is 66.1 Å². The Morgan fingerprint density at radius 2 is 2.09 bits per heavy atom. The summed E-state index contributed by atoms with van der Waals surface area (Å²) in [6.45, 7) is 10.6. The van der Waals surface area contributed by atoms with Crippen LogP contribution in [0.25, 0.3) is 0 Å². The number of quaternary nitrogens is 1. The van der Waals surface area contributed by atoms with E-state index in [0.29, 0.717) is 36.1 Å². The Morgan fingerprint density at radius 1 is 1.26 bits per heavy atom. The quantitative estimate of drug-likeness (QED) is 0.218. The Labute approximate surface area is 203 Å². The number of carbonyl (C=O) groups is 3. The third kappa shape index (κ3) is 7.01. The number of nitrogens with one attached hydrogen (secondary N) is 1. The van der Waals surface area contributed by atoms with Crippen molar-refractivity contribution in [1.82, 2.24) is 10.2 Å². The second-order valence-corrected chi connectivity index (χ2v) is 10.1. The fourth-order valence-electron chi connectivity index (χ4n) is 5.27. The van der Waals surface area contributed by atoms with Gasteiger partial charge in [-0.15, -0.1) is 0 Å². The zero-order valence-electron chi connectivity index (χ0n) is 21.1. The van der Waals surface area contributed by atoms with Gasteiger partial charge in [0.1, 0.15) is 6.54 Å². The maximum atomic E-state index is 12.5. The number of nitrogens with zero attached hydrogens (tertiary/aromatic N) is 3. The molecule has 2 aliphatic heterocycles. The normalized spacial score (nSPS) is 22.3. The van der Waals surface area contributed by atoms with Gasteiger partial charge < -0.3 is 15.0 Å². The summed E-state index contributed by atoms with van der Waals surface area (Å²) in [5.41, 5.74) is 1.20. The van der Waals surface area contributed by atoms with Crippen LogP contribution in [0.4, 0.5) is 0 Å². The summed E-state index contributed by atoms with van der Waals surface area (Å²) in [6, 6.07) is 6.47. The van der Waals surface area contributed by atoms with Gasteiger partial charge in [0.15, 0.2) is 19.3 Å². The summed E-state index contributed by atoms with van der Waals surface area (Å²) in [5, 5.41) is 2.81. The zero-order valence-corrected chi connectivity index (χ0v) is 21.1. The van der Waals surface area contributed by atoms with Crippen molar-refractivity contribution < 1.29 is 28.2 Å². The molecule has 0 spiro atoms. The first-order valence-corrected chi connectivity index (χ1v) is 12.9. The highest BCUT2D eigenvalue weighted by atomic mass is 16.6. The van der Waals surface area contributed by atoms with E-state index in [1.165, 1.54) is 5.69 Å². The molecule has 1 aromatic rings. The number of likely N-dealkylation sites (tertiary alicyclic amines) is 1. The SMILES string of the molecule is CC[n+]1ccccc1C[N+]1(CCCCCC(=O)NCC(=O)N2CCCC2C(C)C)COC(=O)C1. The third-order valence-electron chi connectivity index (χ3n) is 7.20. The van der Waals surface area contributed by atoms with E-state index in [0.717, 1.165) is 58.3 Å². The number of aryl methyl sites for hydroxylation is 1. The van der Waals surface area contributed by atoms with Gasteiger partial charge in [-0.1, -0.05) is 13.8 Å². The number of esters is 1. The molecule has 3 rings (SSSR count). The average Bonchev–Trinajstić information content (AvgIpc) is 3.45. The van der Waals surface area contributed by atoms with E-state index in [2.05, 4.69) is 42.9 Å². The first kappa shape index (κ1) is 26.1. The van der Waals surface area contributed by atoms with Crippen molar-refractivity contribution in [2.75, 3.05) is 32.9 Å². The minimum atomic E-state index is -0.138. The molecule has 0 saturated carbocycles. The van der Waals surface area contributed by atoms with E-state index in [9.17, 15) is 14.4 Å². The summed E-state index contributed by atoms with van der Waals surface area (Å²) in [4.78, 5) is 38.6. The molecule has 0 aliphatic carbocycles. The molecule has 2 saturated heterocycles. The fraction of sp³-hybridized carbons (Fsp3) is 0.692. The number of unbranched alkanes of at least 4 members (excludes halogenated alkanes) is 2. The third-order valence-corrected chi connectivity index (χ3v) is 7.20. The Hall–Kier alpha value is -2.48. The van der Waals surface area contributed by atoms with Crippen molar-refractivity contribution in [3.05, 3.63) is 30.1 Å². The molecule has 2 unspecified atom stereocenters. The Bertz CT molecular complexity index is 859. The minimum Gasteiger partial charge on any atom is -0.411 e. The molecule has 2 atom stereocenters. The van der Waals surface area contributed by atoms with Crippen LogP contribution in [0.1, 0.15) is 65.0 Å². The molecule has 0 bridgehead atoms. The highest BCUT2D eigenvalue weighted by Crippen LogP contribution is 2.23. The van der Waals surface area contributed by atoms with Crippen molar-refractivity contribution in [2.24, 2.45) is 5.92 Å². The number of ether oxygens (including phenoxy) is 1. The van der Waals surface area contributed by atoms with Crippen molar-refractivity contribution in [3.8, 4) is 0 Å². The Morgan fingerprint density at radius 3 is 2.79 bits per heavy atom. The number of amides is 2. The first-order valence-electron chi connectivity index (χ1n) is 12.9. The van der Waals surface area contributed by atoms with Crippen LogP contribution in [0.5, 0.6) is 0 Å². The molecule has 0 radical (unpaired) electrons. The van der Waals surface area contributed by atoms with Crippen molar-refractivity contribution in [3.63, 3.8) is 0 Å². The van der Waals surface area contributed by atoms with E-state index >= 15 is 0 Å². The number of carbonyl (C=O) groups excluding carboxylic acids is 3. The van der Waals surface area contributed by atoms with Crippen LogP contribution < -0.4 is 9.88 Å². The topological polar surface area (TPSA) is 79.6 Å². The number of hydrogen-bond donors (Lipinski definition) is 1.